The molecule has 0 aliphatic heterocycles. The van der Waals surface area contributed by atoms with Crippen LogP contribution in [-0.4, -0.2) is 11.1 Å². The van der Waals surface area contributed by atoms with E-state index in [4.69, 9.17) is 9.52 Å². The number of fused-ring (bicyclic) bond motifs is 1. The first-order chi connectivity index (χ1) is 6.61. The van der Waals surface area contributed by atoms with Crippen molar-refractivity contribution in [2.24, 2.45) is 11.8 Å². The molecule has 1 N–H and O–H groups in total. The summed E-state index contributed by atoms with van der Waals surface area (Å²) in [6.45, 7) is 3.85. The number of hydrogen-bond acceptors (Lipinski definition) is 2. The van der Waals surface area contributed by atoms with Crippen LogP contribution in [0, 0.1) is 11.8 Å². The molecule has 0 spiro atoms. The van der Waals surface area contributed by atoms with Crippen molar-refractivity contribution >= 4 is 5.97 Å². The maximum atomic E-state index is 10.9. The van der Waals surface area contributed by atoms with Gasteiger partial charge in [-0.1, -0.05) is 13.8 Å². The minimum atomic E-state index is -0.726. The molecule has 0 bridgehead atoms. The molecule has 3 heteroatoms. The standard InChI is InChI=1S/C11H14O3/c1-6-5-9-8(3-4-14-9)10(6)7(2)11(12)13/h3-4,6-7,10H,5H2,1-2H3,(H,12,13). The largest absolute Gasteiger partial charge is 0.481 e. The highest BCUT2D eigenvalue weighted by Gasteiger charge is 2.38. The van der Waals surface area contributed by atoms with Crippen molar-refractivity contribution in [1.29, 1.82) is 0 Å². The molecule has 0 amide bonds. The summed E-state index contributed by atoms with van der Waals surface area (Å²) < 4.78 is 5.31. The molecule has 2 rings (SSSR count). The summed E-state index contributed by atoms with van der Waals surface area (Å²) in [5.41, 5.74) is 1.09. The Kier molecular flexibility index (Phi) is 2.10. The lowest BCUT2D eigenvalue weighted by Crippen LogP contribution is -2.21. The van der Waals surface area contributed by atoms with E-state index in [1.54, 1.807) is 13.2 Å². The molecular weight excluding hydrogens is 180 g/mol. The summed E-state index contributed by atoms with van der Waals surface area (Å²) in [6.07, 6.45) is 2.52. The predicted molar refractivity (Wildman–Crippen MR) is 51.1 cm³/mol. The van der Waals surface area contributed by atoms with E-state index >= 15 is 0 Å². The van der Waals surface area contributed by atoms with E-state index in [0.29, 0.717) is 5.92 Å². The van der Waals surface area contributed by atoms with Gasteiger partial charge in [0.1, 0.15) is 5.76 Å². The van der Waals surface area contributed by atoms with E-state index in [-0.39, 0.29) is 11.8 Å². The predicted octanol–water partition coefficient (Wildman–Crippen LogP) is 2.28. The Hall–Kier alpha value is -1.25. The second-order valence-corrected chi connectivity index (χ2v) is 4.13. The highest BCUT2D eigenvalue weighted by molar-refractivity contribution is 5.71. The van der Waals surface area contributed by atoms with Gasteiger partial charge in [0.05, 0.1) is 12.2 Å². The van der Waals surface area contributed by atoms with Crippen molar-refractivity contribution in [3.63, 3.8) is 0 Å². The molecule has 0 radical (unpaired) electrons. The van der Waals surface area contributed by atoms with Crippen LogP contribution >= 0.6 is 0 Å². The minimum Gasteiger partial charge on any atom is -0.481 e. The van der Waals surface area contributed by atoms with E-state index in [1.165, 1.54) is 0 Å². The minimum absolute atomic E-state index is 0.112. The molecule has 1 aromatic rings. The maximum absolute atomic E-state index is 10.9. The molecule has 1 heterocycles. The average molecular weight is 194 g/mol. The second-order valence-electron chi connectivity index (χ2n) is 4.13. The summed E-state index contributed by atoms with van der Waals surface area (Å²) in [4.78, 5) is 10.9. The normalized spacial score (nSPS) is 27.3. The third-order valence-electron chi connectivity index (χ3n) is 3.19. The molecule has 0 saturated carbocycles. The SMILES string of the molecule is CC1Cc2occc2C1C(C)C(=O)O. The quantitative estimate of drug-likeness (QED) is 0.785. The van der Waals surface area contributed by atoms with E-state index in [1.807, 2.05) is 6.07 Å². The molecule has 0 aromatic carbocycles. The third-order valence-corrected chi connectivity index (χ3v) is 3.19. The van der Waals surface area contributed by atoms with E-state index in [0.717, 1.165) is 17.7 Å². The highest BCUT2D eigenvalue weighted by Crippen LogP contribution is 2.42. The smallest absolute Gasteiger partial charge is 0.306 e. The van der Waals surface area contributed by atoms with Crippen LogP contribution in [-0.2, 0) is 11.2 Å². The fourth-order valence-corrected chi connectivity index (χ4v) is 2.46. The van der Waals surface area contributed by atoms with Crippen molar-refractivity contribution < 1.29 is 14.3 Å². The van der Waals surface area contributed by atoms with Gasteiger partial charge in [-0.25, -0.2) is 0 Å². The van der Waals surface area contributed by atoms with Crippen molar-refractivity contribution in [2.75, 3.05) is 0 Å². The summed E-state index contributed by atoms with van der Waals surface area (Å²) in [5.74, 6) is 0.396. The average Bonchev–Trinajstić information content (AvgIpc) is 2.62. The number of carboxylic acid groups (broad SMARTS) is 1. The first-order valence-electron chi connectivity index (χ1n) is 4.90. The second kappa shape index (κ2) is 3.15. The van der Waals surface area contributed by atoms with Crippen LogP contribution < -0.4 is 0 Å². The van der Waals surface area contributed by atoms with Gasteiger partial charge < -0.3 is 9.52 Å². The molecule has 14 heavy (non-hydrogen) atoms. The van der Waals surface area contributed by atoms with Crippen molar-refractivity contribution in [1.82, 2.24) is 0 Å². The van der Waals surface area contributed by atoms with Gasteiger partial charge in [0, 0.05) is 12.3 Å². The van der Waals surface area contributed by atoms with Crippen molar-refractivity contribution in [3.05, 3.63) is 23.7 Å². The molecule has 3 unspecified atom stereocenters. The number of hydrogen-bond donors (Lipinski definition) is 1. The Morgan fingerprint density at radius 3 is 3.07 bits per heavy atom. The number of rotatable bonds is 2. The Morgan fingerprint density at radius 1 is 1.71 bits per heavy atom. The van der Waals surface area contributed by atoms with Crippen LogP contribution in [0.4, 0.5) is 0 Å². The van der Waals surface area contributed by atoms with Gasteiger partial charge in [0.25, 0.3) is 0 Å². The van der Waals surface area contributed by atoms with Gasteiger partial charge in [-0.05, 0) is 17.5 Å². The first kappa shape index (κ1) is 9.31. The van der Waals surface area contributed by atoms with Gasteiger partial charge in [0.15, 0.2) is 0 Å². The van der Waals surface area contributed by atoms with Crippen molar-refractivity contribution in [2.45, 2.75) is 26.2 Å². The molecule has 1 aromatic heterocycles. The Morgan fingerprint density at radius 2 is 2.43 bits per heavy atom. The van der Waals surface area contributed by atoms with Gasteiger partial charge in [-0.2, -0.15) is 0 Å². The van der Waals surface area contributed by atoms with Crippen LogP contribution in [0.25, 0.3) is 0 Å². The molecule has 3 atom stereocenters. The summed E-state index contributed by atoms with van der Waals surface area (Å²) in [6, 6.07) is 1.91. The van der Waals surface area contributed by atoms with Crippen LogP contribution in [0.1, 0.15) is 31.1 Å². The Labute approximate surface area is 82.7 Å². The zero-order chi connectivity index (χ0) is 10.3. The maximum Gasteiger partial charge on any atom is 0.306 e. The van der Waals surface area contributed by atoms with E-state index in [2.05, 4.69) is 6.92 Å². The van der Waals surface area contributed by atoms with Crippen LogP contribution in [0.5, 0.6) is 0 Å². The van der Waals surface area contributed by atoms with Crippen LogP contribution in [0.15, 0.2) is 16.7 Å². The van der Waals surface area contributed by atoms with Gasteiger partial charge in [-0.3, -0.25) is 4.79 Å². The van der Waals surface area contributed by atoms with Gasteiger partial charge in [0.2, 0.25) is 0 Å². The number of furan rings is 1. The lowest BCUT2D eigenvalue weighted by Gasteiger charge is -2.19. The van der Waals surface area contributed by atoms with Crippen molar-refractivity contribution in [3.8, 4) is 0 Å². The Bertz CT molecular complexity index is 353. The molecule has 0 saturated heterocycles. The monoisotopic (exact) mass is 194 g/mol. The molecule has 1 aliphatic carbocycles. The lowest BCUT2D eigenvalue weighted by atomic mass is 9.83. The molecule has 1 aliphatic rings. The van der Waals surface area contributed by atoms with Crippen LogP contribution in [0.2, 0.25) is 0 Å². The fraction of sp³-hybridized carbons (Fsp3) is 0.545. The fourth-order valence-electron chi connectivity index (χ4n) is 2.46. The molecule has 76 valence electrons. The first-order valence-corrected chi connectivity index (χ1v) is 4.90. The number of carboxylic acids is 1. The third kappa shape index (κ3) is 1.24. The highest BCUT2D eigenvalue weighted by atomic mass is 16.4. The zero-order valence-electron chi connectivity index (χ0n) is 8.36. The summed E-state index contributed by atoms with van der Waals surface area (Å²) in [7, 11) is 0. The molecule has 3 nitrogen and oxygen atoms in total. The van der Waals surface area contributed by atoms with Crippen LogP contribution in [0.3, 0.4) is 0 Å². The molecule has 0 fully saturated rings. The number of carbonyl (C=O) groups is 1. The zero-order valence-corrected chi connectivity index (χ0v) is 8.36. The molecular formula is C11H14O3. The lowest BCUT2D eigenvalue weighted by molar-refractivity contribution is -0.142. The Balaban J connectivity index is 2.32. The van der Waals surface area contributed by atoms with Gasteiger partial charge in [-0.15, -0.1) is 0 Å². The van der Waals surface area contributed by atoms with E-state index < -0.39 is 5.97 Å². The van der Waals surface area contributed by atoms with E-state index in [9.17, 15) is 4.79 Å². The number of aliphatic carboxylic acids is 1. The summed E-state index contributed by atoms with van der Waals surface area (Å²) >= 11 is 0. The topological polar surface area (TPSA) is 50.4 Å². The van der Waals surface area contributed by atoms with Gasteiger partial charge >= 0.3 is 5.97 Å². The summed E-state index contributed by atoms with van der Waals surface area (Å²) in [5, 5.41) is 8.99.